The molecule has 4 aromatic rings. The minimum atomic E-state index is -5.09. The van der Waals surface area contributed by atoms with Crippen molar-refractivity contribution in [2.24, 2.45) is 0 Å². The molecule has 0 aliphatic carbocycles. The number of carbonyl (C=O) groups is 1. The van der Waals surface area contributed by atoms with Gasteiger partial charge in [0.15, 0.2) is 0 Å². The minimum Gasteiger partial charge on any atom is -0.497 e. The summed E-state index contributed by atoms with van der Waals surface area (Å²) in [4.78, 5) is 45.2. The van der Waals surface area contributed by atoms with Crippen LogP contribution in [0.2, 0.25) is 0 Å². The number of aromatic nitrogens is 2. The van der Waals surface area contributed by atoms with Gasteiger partial charge < -0.3 is 29.2 Å². The van der Waals surface area contributed by atoms with Crippen molar-refractivity contribution in [3.8, 4) is 11.5 Å². The van der Waals surface area contributed by atoms with Crippen molar-refractivity contribution < 1.29 is 51.4 Å². The van der Waals surface area contributed by atoms with Crippen molar-refractivity contribution in [3.05, 3.63) is 134 Å². The number of hydrogen-bond donors (Lipinski definition) is 3. The summed E-state index contributed by atoms with van der Waals surface area (Å²) in [5.41, 5.74) is -1.19. The molecule has 5 atom stereocenters. The Morgan fingerprint density at radius 1 is 0.933 bits per heavy atom. The number of benzene rings is 3. The first kappa shape index (κ1) is 46.2. The lowest BCUT2D eigenvalue weighted by Gasteiger charge is -2.44. The topological polar surface area (TPSA) is 163 Å². The normalized spacial score (nSPS) is 18.3. The summed E-state index contributed by atoms with van der Waals surface area (Å²) in [5, 5.41) is 15.0. The molecule has 0 saturated carbocycles. The molecule has 2 heterocycles. The molecular formula is C42H50F3N4O10P. The van der Waals surface area contributed by atoms with Gasteiger partial charge in [0.2, 0.25) is 0 Å². The van der Waals surface area contributed by atoms with Gasteiger partial charge >= 0.3 is 17.8 Å². The van der Waals surface area contributed by atoms with Gasteiger partial charge in [-0.1, -0.05) is 66.7 Å². The summed E-state index contributed by atoms with van der Waals surface area (Å²) in [6, 6.07) is 23.7. The second-order valence-corrected chi connectivity index (χ2v) is 15.7. The number of halogens is 3. The highest BCUT2D eigenvalue weighted by Gasteiger charge is 2.54. The molecular weight excluding hydrogens is 808 g/mol. The third kappa shape index (κ3) is 10.2. The van der Waals surface area contributed by atoms with Crippen LogP contribution in [-0.4, -0.2) is 89.7 Å². The van der Waals surface area contributed by atoms with Gasteiger partial charge in [0, 0.05) is 31.2 Å². The van der Waals surface area contributed by atoms with Gasteiger partial charge in [-0.05, 0) is 68.7 Å². The Labute approximate surface area is 346 Å². The van der Waals surface area contributed by atoms with E-state index in [0.717, 1.165) is 10.6 Å². The molecule has 0 spiro atoms. The van der Waals surface area contributed by atoms with Crippen molar-refractivity contribution >= 4 is 20.5 Å². The van der Waals surface area contributed by atoms with E-state index < -0.39 is 68.4 Å². The Morgan fingerprint density at radius 2 is 1.48 bits per heavy atom. The van der Waals surface area contributed by atoms with E-state index >= 15 is 0 Å². The molecule has 1 amide bonds. The van der Waals surface area contributed by atoms with Gasteiger partial charge in [0.25, 0.3) is 14.1 Å². The number of amides is 1. The molecule has 1 aliphatic heterocycles. The maximum atomic E-state index is 13.5. The van der Waals surface area contributed by atoms with Gasteiger partial charge in [0.1, 0.15) is 29.9 Å². The van der Waals surface area contributed by atoms with Crippen molar-refractivity contribution in [1.29, 1.82) is 0 Å². The maximum absolute atomic E-state index is 13.5. The molecule has 324 valence electrons. The van der Waals surface area contributed by atoms with Crippen molar-refractivity contribution in [3.63, 3.8) is 0 Å². The number of nitrogens with one attached hydrogen (secondary N) is 2. The van der Waals surface area contributed by atoms with Crippen LogP contribution >= 0.6 is 8.53 Å². The van der Waals surface area contributed by atoms with Crippen LogP contribution in [0.3, 0.4) is 0 Å². The molecule has 3 aromatic carbocycles. The summed E-state index contributed by atoms with van der Waals surface area (Å²) in [6.07, 6.45) is -6.50. The first-order chi connectivity index (χ1) is 28.6. The number of nitrogens with zero attached hydrogens (tertiary/aromatic N) is 2. The Kier molecular flexibility index (Phi) is 15.5. The summed E-state index contributed by atoms with van der Waals surface area (Å²) in [6.45, 7) is 7.32. The van der Waals surface area contributed by atoms with Crippen LogP contribution in [0.5, 0.6) is 11.5 Å². The lowest BCUT2D eigenvalue weighted by atomic mass is 9.64. The minimum absolute atomic E-state index is 0.0511. The third-order valence-electron chi connectivity index (χ3n) is 10.0. The molecule has 14 nitrogen and oxygen atoms in total. The summed E-state index contributed by atoms with van der Waals surface area (Å²) >= 11 is 0. The lowest BCUT2D eigenvalue weighted by Crippen LogP contribution is -2.52. The predicted molar refractivity (Wildman–Crippen MR) is 218 cm³/mol. The van der Waals surface area contributed by atoms with Gasteiger partial charge in [-0.25, -0.2) is 14.4 Å². The second kappa shape index (κ2) is 20.1. The zero-order chi connectivity index (χ0) is 43.8. The highest BCUT2D eigenvalue weighted by atomic mass is 31.2. The maximum Gasteiger partial charge on any atom is 0.471 e. The largest absolute Gasteiger partial charge is 0.497 e. The van der Waals surface area contributed by atoms with Gasteiger partial charge in [-0.2, -0.15) is 17.8 Å². The van der Waals surface area contributed by atoms with Crippen LogP contribution < -0.4 is 26.0 Å². The van der Waals surface area contributed by atoms with E-state index in [4.69, 9.17) is 28.3 Å². The number of aliphatic hydroxyl groups is 1. The molecule has 0 bridgehead atoms. The number of hydrogen-bond acceptors (Lipinski definition) is 11. The number of rotatable bonds is 18. The average molecular weight is 859 g/mol. The molecule has 1 saturated heterocycles. The third-order valence-corrected chi connectivity index (χ3v) is 12.1. The van der Waals surface area contributed by atoms with E-state index in [-0.39, 0.29) is 24.1 Å². The lowest BCUT2D eigenvalue weighted by molar-refractivity contribution is -0.190. The van der Waals surface area contributed by atoms with Gasteiger partial charge in [-0.3, -0.25) is 19.1 Å². The standard InChI is InChI=1S/C42H50F3N4O10P/c1-26(2)49(27(3)4)60(59-56-7)58-34-24-35(48-25-28(38(51)47-40(48)53)12-11-23-46-39(52)42(43,44)45)57-36(34)37(50)41(29-13-9-8-10-14-29,30-15-19-32(54-5)20-16-30)31-17-21-33(55-6)22-18-31/h8-22,25-27,34-37,50H,23-24H2,1-7H3,(H,46,52)(H,47,51,53)/t34-,35+,36-,37?,60?/m0/s1. The number of aliphatic hydroxyl groups excluding tert-OH is 1. The molecule has 3 N–H and O–H groups in total. The number of ether oxygens (including phenoxy) is 3. The molecule has 1 fully saturated rings. The number of H-pyrrole nitrogens is 1. The number of carbonyl (C=O) groups excluding carboxylic acids is 1. The Morgan fingerprint density at radius 3 is 1.98 bits per heavy atom. The highest BCUT2D eigenvalue weighted by molar-refractivity contribution is 7.44. The molecule has 1 aliphatic rings. The van der Waals surface area contributed by atoms with Crippen molar-refractivity contribution in [2.75, 3.05) is 27.9 Å². The van der Waals surface area contributed by atoms with Crippen LogP contribution in [0.15, 0.2) is 101 Å². The Hall–Kier alpha value is -4.87. The van der Waals surface area contributed by atoms with Crippen LogP contribution in [0.25, 0.3) is 6.08 Å². The fraction of sp³-hybridized carbons (Fsp3) is 0.405. The monoisotopic (exact) mass is 858 g/mol. The Balaban J connectivity index is 1.68. The summed E-state index contributed by atoms with van der Waals surface area (Å²) in [5.74, 6) is -0.987. The van der Waals surface area contributed by atoms with Crippen LogP contribution in [0.1, 0.15) is 62.6 Å². The van der Waals surface area contributed by atoms with E-state index in [0.29, 0.717) is 28.2 Å². The van der Waals surface area contributed by atoms with Crippen LogP contribution in [0, 0.1) is 0 Å². The predicted octanol–water partition coefficient (Wildman–Crippen LogP) is 6.24. The van der Waals surface area contributed by atoms with Crippen molar-refractivity contribution in [2.45, 2.75) is 82.3 Å². The molecule has 18 heteroatoms. The van der Waals surface area contributed by atoms with E-state index in [1.165, 1.54) is 19.4 Å². The van der Waals surface area contributed by atoms with E-state index in [1.54, 1.807) is 43.8 Å². The van der Waals surface area contributed by atoms with E-state index in [1.807, 2.05) is 87.0 Å². The van der Waals surface area contributed by atoms with Crippen LogP contribution in [-0.2, 0) is 29.0 Å². The zero-order valence-corrected chi connectivity index (χ0v) is 35.1. The molecule has 5 rings (SSSR count). The molecule has 2 unspecified atom stereocenters. The molecule has 60 heavy (non-hydrogen) atoms. The van der Waals surface area contributed by atoms with Crippen molar-refractivity contribution in [1.82, 2.24) is 19.5 Å². The second-order valence-electron chi connectivity index (χ2n) is 14.4. The van der Waals surface area contributed by atoms with E-state index in [2.05, 4.69) is 4.98 Å². The highest BCUT2D eigenvalue weighted by Crippen LogP contribution is 2.53. The molecule has 0 radical (unpaired) electrons. The first-order valence-electron chi connectivity index (χ1n) is 19.1. The smallest absolute Gasteiger partial charge is 0.471 e. The van der Waals surface area contributed by atoms with E-state index in [9.17, 15) is 32.7 Å². The van der Waals surface area contributed by atoms with Gasteiger partial charge in [0.05, 0.1) is 38.4 Å². The molecule has 1 aromatic heterocycles. The fourth-order valence-electron chi connectivity index (χ4n) is 7.42. The average Bonchev–Trinajstić information content (AvgIpc) is 3.63. The number of methoxy groups -OCH3 is 2. The fourth-order valence-corrected chi connectivity index (χ4v) is 8.96. The quantitative estimate of drug-likeness (QED) is 0.0450. The number of aromatic amines is 1. The zero-order valence-electron chi connectivity index (χ0n) is 34.2. The number of alkyl halides is 3. The van der Waals surface area contributed by atoms with Gasteiger partial charge in [-0.15, -0.1) is 0 Å². The first-order valence-corrected chi connectivity index (χ1v) is 20.2. The summed E-state index contributed by atoms with van der Waals surface area (Å²) in [7, 11) is 2.47. The van der Waals surface area contributed by atoms with Crippen LogP contribution in [0.4, 0.5) is 13.2 Å². The summed E-state index contributed by atoms with van der Waals surface area (Å²) < 4.78 is 71.6. The SMILES string of the molecule is COOP(O[C@H]1C[C@H](n2cc(C=CCNC(=O)C(F)(F)F)c(=O)[nH]c2=O)O[C@@H]1C(O)C(c1ccccc1)(c1ccc(OC)cc1)c1ccc(OC)cc1)N(C(C)C)C(C)C. The Bertz CT molecular complexity index is 2110.